The van der Waals surface area contributed by atoms with Gasteiger partial charge >= 0.3 is 0 Å². The van der Waals surface area contributed by atoms with Crippen molar-refractivity contribution in [3.8, 4) is 11.5 Å². The first-order valence-electron chi connectivity index (χ1n) is 17.7. The van der Waals surface area contributed by atoms with Crippen LogP contribution in [0, 0.1) is 0 Å². The zero-order valence-corrected chi connectivity index (χ0v) is 30.2. The van der Waals surface area contributed by atoms with Crippen LogP contribution in [0.5, 0.6) is 11.5 Å². The molecule has 0 amide bonds. The monoisotopic (exact) mass is 664 g/mol. The van der Waals surface area contributed by atoms with E-state index in [0.717, 1.165) is 56.6 Å². The number of unbranched alkanes of at least 4 members (excludes halogenated alkanes) is 2. The zero-order valence-electron chi connectivity index (χ0n) is 29.2. The van der Waals surface area contributed by atoms with Crippen molar-refractivity contribution in [2.45, 2.75) is 52.5 Å². The van der Waals surface area contributed by atoms with Crippen molar-refractivity contribution in [2.24, 2.45) is 0 Å². The number of benzene rings is 5. The Hall–Kier alpha value is -4.81. The van der Waals surface area contributed by atoms with E-state index >= 15 is 0 Å². The Morgan fingerprint density at radius 1 is 0.592 bits per heavy atom. The molecule has 0 spiro atoms. The van der Waals surface area contributed by atoms with Crippen molar-refractivity contribution < 1.29 is 9.47 Å². The van der Waals surface area contributed by atoms with Crippen molar-refractivity contribution in [1.29, 1.82) is 0 Å². The van der Waals surface area contributed by atoms with Gasteiger partial charge in [-0.25, -0.2) is 4.98 Å². The van der Waals surface area contributed by atoms with E-state index in [0.29, 0.717) is 6.71 Å². The number of imidazole rings is 1. The first-order chi connectivity index (χ1) is 24.1. The zero-order chi connectivity index (χ0) is 34.2. The normalized spacial score (nSPS) is 10.9. The second-order valence-corrected chi connectivity index (χ2v) is 16.4. The second kappa shape index (κ2) is 18.7. The van der Waals surface area contributed by atoms with Gasteiger partial charge in [0, 0.05) is 18.6 Å². The molecule has 0 unspecified atom stereocenters. The Morgan fingerprint density at radius 3 is 1.51 bits per heavy atom. The average molecular weight is 665 g/mol. The SMILES string of the molecule is CB(c1ccccc1)c1ccccc1.CCCCOc1cccc([Si](Cn2ccnc2)(c2ccccc2)c2cccc(OCCCC)c2)c1. The fourth-order valence-corrected chi connectivity index (χ4v) is 10.8. The quantitative estimate of drug-likeness (QED) is 0.0683. The molecule has 0 aliphatic carbocycles. The summed E-state index contributed by atoms with van der Waals surface area (Å²) >= 11 is 0. The molecule has 6 heteroatoms. The number of rotatable bonds is 15. The Balaban J connectivity index is 0.000000278. The van der Waals surface area contributed by atoms with Crippen LogP contribution >= 0.6 is 0 Å². The Kier molecular flexibility index (Phi) is 13.5. The summed E-state index contributed by atoms with van der Waals surface area (Å²) in [4.78, 5) is 4.36. The molecule has 5 aromatic carbocycles. The summed E-state index contributed by atoms with van der Waals surface area (Å²) < 4.78 is 14.5. The molecule has 250 valence electrons. The first-order valence-corrected chi connectivity index (χ1v) is 19.9. The van der Waals surface area contributed by atoms with Gasteiger partial charge in [-0.15, -0.1) is 0 Å². The van der Waals surface area contributed by atoms with E-state index in [4.69, 9.17) is 9.47 Å². The number of hydrogen-bond donors (Lipinski definition) is 0. The summed E-state index contributed by atoms with van der Waals surface area (Å²) in [5.41, 5.74) is 2.75. The molecule has 1 aromatic heterocycles. The summed E-state index contributed by atoms with van der Waals surface area (Å²) in [6.07, 6.45) is 11.0. The number of ether oxygens (including phenoxy) is 2. The van der Waals surface area contributed by atoms with Gasteiger partial charge in [0.05, 0.1) is 19.5 Å². The Labute approximate surface area is 294 Å². The lowest BCUT2D eigenvalue weighted by Crippen LogP contribution is -2.69. The molecule has 0 radical (unpaired) electrons. The lowest BCUT2D eigenvalue weighted by Gasteiger charge is -2.34. The van der Waals surface area contributed by atoms with Crippen LogP contribution in [-0.4, -0.2) is 37.6 Å². The van der Waals surface area contributed by atoms with Crippen molar-refractivity contribution >= 4 is 41.3 Å². The summed E-state index contributed by atoms with van der Waals surface area (Å²) in [5, 5.41) is 3.99. The molecule has 4 nitrogen and oxygen atoms in total. The van der Waals surface area contributed by atoms with Gasteiger partial charge in [0.15, 0.2) is 8.07 Å². The van der Waals surface area contributed by atoms with Gasteiger partial charge in [-0.1, -0.05) is 160 Å². The highest BCUT2D eigenvalue weighted by atomic mass is 28.3. The van der Waals surface area contributed by atoms with Crippen LogP contribution in [0.3, 0.4) is 0 Å². The fraction of sp³-hybridized carbons (Fsp3) is 0.233. The highest BCUT2D eigenvalue weighted by Crippen LogP contribution is 2.18. The lowest BCUT2D eigenvalue weighted by atomic mass is 9.43. The van der Waals surface area contributed by atoms with E-state index in [9.17, 15) is 0 Å². The molecule has 0 atom stereocenters. The molecular weight excluding hydrogens is 615 g/mol. The van der Waals surface area contributed by atoms with Crippen LogP contribution in [0.25, 0.3) is 0 Å². The predicted octanol–water partition coefficient (Wildman–Crippen LogP) is 6.88. The molecule has 0 saturated carbocycles. The first kappa shape index (κ1) is 35.5. The molecule has 0 bridgehead atoms. The molecule has 0 aliphatic rings. The van der Waals surface area contributed by atoms with Gasteiger partial charge in [0.1, 0.15) is 11.5 Å². The van der Waals surface area contributed by atoms with Crippen molar-refractivity contribution in [2.75, 3.05) is 13.2 Å². The van der Waals surface area contributed by atoms with Crippen LogP contribution in [0.1, 0.15) is 39.5 Å². The van der Waals surface area contributed by atoms with Gasteiger partial charge in [0.2, 0.25) is 6.71 Å². The lowest BCUT2D eigenvalue weighted by molar-refractivity contribution is 0.309. The van der Waals surface area contributed by atoms with Gasteiger partial charge in [-0.2, -0.15) is 0 Å². The average Bonchev–Trinajstić information content (AvgIpc) is 3.69. The number of hydrogen-bond acceptors (Lipinski definition) is 3. The maximum Gasteiger partial charge on any atom is 0.206 e. The van der Waals surface area contributed by atoms with Crippen LogP contribution in [0.4, 0.5) is 0 Å². The van der Waals surface area contributed by atoms with E-state index in [1.54, 1.807) is 0 Å². The van der Waals surface area contributed by atoms with Gasteiger partial charge in [-0.05, 0) is 52.7 Å². The predicted molar refractivity (Wildman–Crippen MR) is 211 cm³/mol. The minimum absolute atomic E-state index is 0.484. The summed E-state index contributed by atoms with van der Waals surface area (Å²) in [6, 6.07) is 49.6. The van der Waals surface area contributed by atoms with Crippen molar-refractivity contribution in [3.05, 3.63) is 158 Å². The molecule has 0 aliphatic heterocycles. The summed E-state index contributed by atoms with van der Waals surface area (Å²) in [6.45, 7) is 8.58. The maximum atomic E-state index is 6.16. The Bertz CT molecular complexity index is 1690. The van der Waals surface area contributed by atoms with Crippen LogP contribution in [0.15, 0.2) is 158 Å². The fourth-order valence-electron chi connectivity index (χ4n) is 6.20. The van der Waals surface area contributed by atoms with E-state index in [1.807, 2.05) is 12.5 Å². The van der Waals surface area contributed by atoms with E-state index < -0.39 is 8.07 Å². The smallest absolute Gasteiger partial charge is 0.206 e. The van der Waals surface area contributed by atoms with E-state index in [-0.39, 0.29) is 0 Å². The third-order valence-corrected chi connectivity index (χ3v) is 13.8. The van der Waals surface area contributed by atoms with Gasteiger partial charge in [-0.3, -0.25) is 0 Å². The molecule has 0 saturated heterocycles. The summed E-state index contributed by atoms with van der Waals surface area (Å²) in [5.74, 6) is 1.87. The standard InChI is InChI=1S/C30H36N2O2Si.C13H13B/c1-3-5-20-33-26-12-10-16-29(22-26)35(25-32-19-18-31-24-32,28-14-8-7-9-15-28)30-17-11-13-27(23-30)34-21-6-4-2;1-14(12-8-4-2-5-9-12)13-10-6-3-7-11-13/h7-19,22-24H,3-6,20-21,25H2,1-2H3;2-11H,1H3. The van der Waals surface area contributed by atoms with Crippen LogP contribution < -0.4 is 36.0 Å². The maximum absolute atomic E-state index is 6.16. The largest absolute Gasteiger partial charge is 0.494 e. The summed E-state index contributed by atoms with van der Waals surface area (Å²) in [7, 11) is -2.52. The number of nitrogens with zero attached hydrogens (tertiary/aromatic N) is 2. The third kappa shape index (κ3) is 9.64. The minimum atomic E-state index is -2.52. The third-order valence-electron chi connectivity index (χ3n) is 9.03. The second-order valence-electron chi connectivity index (χ2n) is 12.5. The van der Waals surface area contributed by atoms with E-state index in [1.165, 1.54) is 26.5 Å². The topological polar surface area (TPSA) is 36.3 Å². The molecule has 0 fully saturated rings. The molecule has 6 aromatic rings. The van der Waals surface area contributed by atoms with Crippen molar-refractivity contribution in [1.82, 2.24) is 9.55 Å². The van der Waals surface area contributed by atoms with Crippen LogP contribution in [0.2, 0.25) is 6.82 Å². The van der Waals surface area contributed by atoms with Gasteiger partial charge < -0.3 is 14.0 Å². The minimum Gasteiger partial charge on any atom is -0.494 e. The highest BCUT2D eigenvalue weighted by Gasteiger charge is 2.40. The molecule has 0 N–H and O–H groups in total. The van der Waals surface area contributed by atoms with Crippen molar-refractivity contribution in [3.63, 3.8) is 0 Å². The Morgan fingerprint density at radius 2 is 1.06 bits per heavy atom. The molecule has 49 heavy (non-hydrogen) atoms. The molecule has 6 rings (SSSR count). The molecular formula is C43H49BN2O2Si. The van der Waals surface area contributed by atoms with Crippen LogP contribution in [-0.2, 0) is 6.17 Å². The van der Waals surface area contributed by atoms with Gasteiger partial charge in [0.25, 0.3) is 0 Å². The molecule has 1 heterocycles. The highest BCUT2D eigenvalue weighted by molar-refractivity contribution is 7.10. The van der Waals surface area contributed by atoms with E-state index in [2.05, 4.69) is 176 Å². The number of aromatic nitrogens is 2.